The first-order chi connectivity index (χ1) is 15.6. The molecule has 0 saturated carbocycles. The SMILES string of the molecule is O=C(C=Cc1ccccc1Cl)NCCCCCCCCNC(=O)C=Cc1ccccc1Cl. The van der Waals surface area contributed by atoms with Crippen molar-refractivity contribution in [2.75, 3.05) is 13.1 Å². The molecule has 0 unspecified atom stereocenters. The topological polar surface area (TPSA) is 58.2 Å². The fourth-order valence-electron chi connectivity index (χ4n) is 3.05. The fourth-order valence-corrected chi connectivity index (χ4v) is 3.45. The van der Waals surface area contributed by atoms with Gasteiger partial charge in [0.15, 0.2) is 0 Å². The zero-order valence-corrected chi connectivity index (χ0v) is 19.7. The van der Waals surface area contributed by atoms with Gasteiger partial charge in [0.1, 0.15) is 0 Å². The van der Waals surface area contributed by atoms with Gasteiger partial charge in [-0.25, -0.2) is 0 Å². The number of rotatable bonds is 13. The summed E-state index contributed by atoms with van der Waals surface area (Å²) in [7, 11) is 0. The molecule has 2 aromatic rings. The van der Waals surface area contributed by atoms with Crippen LogP contribution >= 0.6 is 23.2 Å². The van der Waals surface area contributed by atoms with Crippen molar-refractivity contribution in [1.82, 2.24) is 10.6 Å². The largest absolute Gasteiger partial charge is 0.353 e. The van der Waals surface area contributed by atoms with Gasteiger partial charge in [0.25, 0.3) is 0 Å². The molecule has 0 aliphatic carbocycles. The van der Waals surface area contributed by atoms with E-state index in [1.165, 1.54) is 12.2 Å². The third-order valence-corrected chi connectivity index (χ3v) is 5.53. The molecular weight excluding hydrogens is 443 g/mol. The van der Waals surface area contributed by atoms with Crippen LogP contribution in [0.1, 0.15) is 49.7 Å². The molecule has 0 aliphatic rings. The van der Waals surface area contributed by atoms with Crippen molar-refractivity contribution in [3.63, 3.8) is 0 Å². The van der Waals surface area contributed by atoms with Gasteiger partial charge in [0.2, 0.25) is 11.8 Å². The number of halogens is 2. The summed E-state index contributed by atoms with van der Waals surface area (Å²) >= 11 is 12.1. The third-order valence-electron chi connectivity index (χ3n) is 4.84. The lowest BCUT2D eigenvalue weighted by Gasteiger charge is -2.04. The lowest BCUT2D eigenvalue weighted by Crippen LogP contribution is -2.22. The maximum absolute atomic E-state index is 11.8. The highest BCUT2D eigenvalue weighted by Crippen LogP contribution is 2.16. The molecule has 0 radical (unpaired) electrons. The Labute approximate surface area is 200 Å². The lowest BCUT2D eigenvalue weighted by atomic mass is 10.1. The molecule has 2 aromatic carbocycles. The van der Waals surface area contributed by atoms with E-state index < -0.39 is 0 Å². The van der Waals surface area contributed by atoms with E-state index in [1.54, 1.807) is 24.3 Å². The highest BCUT2D eigenvalue weighted by molar-refractivity contribution is 6.32. The summed E-state index contributed by atoms with van der Waals surface area (Å²) in [6.45, 7) is 1.33. The van der Waals surface area contributed by atoms with Crippen LogP contribution in [0.25, 0.3) is 12.2 Å². The fraction of sp³-hybridized carbons (Fsp3) is 0.308. The van der Waals surface area contributed by atoms with Crippen LogP contribution in [0.5, 0.6) is 0 Å². The second kappa shape index (κ2) is 15.3. The zero-order valence-electron chi connectivity index (χ0n) is 18.2. The van der Waals surface area contributed by atoms with Crippen molar-refractivity contribution in [3.05, 3.63) is 81.9 Å². The molecule has 32 heavy (non-hydrogen) atoms. The summed E-state index contributed by atoms with van der Waals surface area (Å²) in [6.07, 6.45) is 12.8. The number of carbonyl (C=O) groups excluding carboxylic acids is 2. The number of hydrogen-bond acceptors (Lipinski definition) is 2. The van der Waals surface area contributed by atoms with Crippen molar-refractivity contribution in [1.29, 1.82) is 0 Å². The molecule has 0 aliphatic heterocycles. The summed E-state index contributed by atoms with van der Waals surface area (Å²) < 4.78 is 0. The highest BCUT2D eigenvalue weighted by Gasteiger charge is 1.99. The first-order valence-electron chi connectivity index (χ1n) is 11.0. The summed E-state index contributed by atoms with van der Waals surface area (Å²) in [5.74, 6) is -0.214. The van der Waals surface area contributed by atoms with E-state index in [2.05, 4.69) is 10.6 Å². The maximum atomic E-state index is 11.8. The van der Waals surface area contributed by atoms with Gasteiger partial charge in [0.05, 0.1) is 0 Å². The summed E-state index contributed by atoms with van der Waals surface area (Å²) in [4.78, 5) is 23.7. The minimum Gasteiger partial charge on any atom is -0.353 e. The molecule has 0 bridgehead atoms. The van der Waals surface area contributed by atoms with E-state index in [0.29, 0.717) is 23.1 Å². The number of unbranched alkanes of at least 4 members (excludes halogenated alkanes) is 5. The number of nitrogens with one attached hydrogen (secondary N) is 2. The molecule has 2 amide bonds. The summed E-state index contributed by atoms with van der Waals surface area (Å²) in [5.41, 5.74) is 1.66. The van der Waals surface area contributed by atoms with Crippen LogP contribution < -0.4 is 10.6 Å². The smallest absolute Gasteiger partial charge is 0.243 e. The van der Waals surface area contributed by atoms with E-state index in [0.717, 1.165) is 49.7 Å². The van der Waals surface area contributed by atoms with Gasteiger partial charge in [-0.2, -0.15) is 0 Å². The van der Waals surface area contributed by atoms with E-state index >= 15 is 0 Å². The minimum atomic E-state index is -0.107. The Balaban J connectivity index is 1.44. The first kappa shape index (κ1) is 25.7. The summed E-state index contributed by atoms with van der Waals surface area (Å²) in [5, 5.41) is 7.04. The molecule has 0 fully saturated rings. The second-order valence-electron chi connectivity index (χ2n) is 7.41. The molecule has 0 heterocycles. The van der Waals surface area contributed by atoms with Crippen LogP contribution in [0, 0.1) is 0 Å². The number of hydrogen-bond donors (Lipinski definition) is 2. The Bertz CT molecular complexity index is 850. The Morgan fingerprint density at radius 3 is 1.41 bits per heavy atom. The predicted octanol–water partition coefficient (Wildman–Crippen LogP) is 6.29. The number of benzene rings is 2. The van der Waals surface area contributed by atoms with Crippen molar-refractivity contribution in [2.45, 2.75) is 38.5 Å². The maximum Gasteiger partial charge on any atom is 0.243 e. The molecule has 0 spiro atoms. The van der Waals surface area contributed by atoms with Crippen LogP contribution in [-0.4, -0.2) is 24.9 Å². The monoisotopic (exact) mass is 472 g/mol. The van der Waals surface area contributed by atoms with Crippen LogP contribution in [0.3, 0.4) is 0 Å². The standard InChI is InChI=1S/C26H30Cl2N2O2/c27-23-13-7-5-11-21(23)15-17-25(31)29-19-9-3-1-2-4-10-20-30-26(32)18-16-22-12-6-8-14-24(22)28/h5-8,11-18H,1-4,9-10,19-20H2,(H,29,31)(H,30,32). The summed E-state index contributed by atoms with van der Waals surface area (Å²) in [6, 6.07) is 14.8. The molecule has 2 N–H and O–H groups in total. The van der Waals surface area contributed by atoms with Crippen LogP contribution in [0.2, 0.25) is 10.0 Å². The average molecular weight is 473 g/mol. The van der Waals surface area contributed by atoms with E-state index in [1.807, 2.05) is 36.4 Å². The molecule has 0 saturated heterocycles. The van der Waals surface area contributed by atoms with Crippen molar-refractivity contribution in [3.8, 4) is 0 Å². The van der Waals surface area contributed by atoms with Crippen molar-refractivity contribution < 1.29 is 9.59 Å². The Morgan fingerprint density at radius 1 is 0.625 bits per heavy atom. The first-order valence-corrected chi connectivity index (χ1v) is 11.7. The lowest BCUT2D eigenvalue weighted by molar-refractivity contribution is -0.117. The van der Waals surface area contributed by atoms with E-state index in [-0.39, 0.29) is 11.8 Å². The van der Waals surface area contributed by atoms with Crippen LogP contribution in [-0.2, 0) is 9.59 Å². The predicted molar refractivity (Wildman–Crippen MR) is 135 cm³/mol. The van der Waals surface area contributed by atoms with Crippen molar-refractivity contribution in [2.24, 2.45) is 0 Å². The van der Waals surface area contributed by atoms with Crippen molar-refractivity contribution >= 4 is 47.2 Å². The molecule has 0 aromatic heterocycles. The molecule has 170 valence electrons. The Hall–Kier alpha value is -2.56. The van der Waals surface area contributed by atoms with E-state index in [4.69, 9.17) is 23.2 Å². The normalized spacial score (nSPS) is 11.2. The molecule has 0 atom stereocenters. The minimum absolute atomic E-state index is 0.107. The molecule has 6 heteroatoms. The Morgan fingerprint density at radius 2 is 1.00 bits per heavy atom. The highest BCUT2D eigenvalue weighted by atomic mass is 35.5. The second-order valence-corrected chi connectivity index (χ2v) is 8.23. The van der Waals surface area contributed by atoms with Gasteiger partial charge in [-0.15, -0.1) is 0 Å². The zero-order chi connectivity index (χ0) is 23.0. The quantitative estimate of drug-likeness (QED) is 0.265. The van der Waals surface area contributed by atoms with Crippen LogP contribution in [0.4, 0.5) is 0 Å². The van der Waals surface area contributed by atoms with Crippen LogP contribution in [0.15, 0.2) is 60.7 Å². The van der Waals surface area contributed by atoms with Gasteiger partial charge in [0, 0.05) is 35.3 Å². The molecular formula is C26H30Cl2N2O2. The van der Waals surface area contributed by atoms with Gasteiger partial charge < -0.3 is 10.6 Å². The van der Waals surface area contributed by atoms with Gasteiger partial charge in [-0.05, 0) is 48.3 Å². The third kappa shape index (κ3) is 10.7. The number of carbonyl (C=O) groups is 2. The van der Waals surface area contributed by atoms with Gasteiger partial charge >= 0.3 is 0 Å². The Kier molecular flexibility index (Phi) is 12.3. The average Bonchev–Trinajstić information content (AvgIpc) is 2.79. The van der Waals surface area contributed by atoms with Gasteiger partial charge in [-0.3, -0.25) is 9.59 Å². The molecule has 4 nitrogen and oxygen atoms in total. The van der Waals surface area contributed by atoms with Gasteiger partial charge in [-0.1, -0.05) is 85.3 Å². The molecule has 2 rings (SSSR count). The van der Waals surface area contributed by atoms with E-state index in [9.17, 15) is 9.59 Å². The number of amides is 2.